The fraction of sp³-hybridized carbons (Fsp3) is 0.636. The Balaban J connectivity index is 1.93. The van der Waals surface area contributed by atoms with E-state index < -0.39 is 39.1 Å². The number of β-lactam (4-membered cyclic amide) rings is 1. The second kappa shape index (κ2) is 5.32. The van der Waals surface area contributed by atoms with E-state index in [4.69, 9.17) is 0 Å². The zero-order valence-corrected chi connectivity index (χ0v) is 13.5. The van der Waals surface area contributed by atoms with Crippen LogP contribution in [0.15, 0.2) is 5.16 Å². The predicted molar refractivity (Wildman–Crippen MR) is 80.4 cm³/mol. The van der Waals surface area contributed by atoms with E-state index >= 15 is 0 Å². The van der Waals surface area contributed by atoms with Crippen molar-refractivity contribution in [2.45, 2.75) is 34.2 Å². The summed E-state index contributed by atoms with van der Waals surface area (Å²) >= 11 is 1.21. The molecule has 120 valence electrons. The topological polar surface area (TPSA) is 121 Å². The van der Waals surface area contributed by atoms with E-state index in [0.717, 1.165) is 0 Å². The van der Waals surface area contributed by atoms with Crippen molar-refractivity contribution in [3.8, 4) is 0 Å². The molecule has 3 unspecified atom stereocenters. The highest BCUT2D eigenvalue weighted by molar-refractivity contribution is 8.26. The molecule has 2 N–H and O–H groups in total. The number of carboxylic acids is 1. The number of aliphatic hydroxyl groups excluding tert-OH is 1. The first-order chi connectivity index (χ1) is 10.3. The molecule has 6 atom stereocenters. The summed E-state index contributed by atoms with van der Waals surface area (Å²) < 4.78 is 1.00. The second-order valence-corrected chi connectivity index (χ2v) is 8.56. The lowest BCUT2D eigenvalue weighted by atomic mass is 9.91. The Bertz CT molecular complexity index is 663. The highest BCUT2D eigenvalue weighted by atomic mass is 32.2. The number of carbonyl (C=O) groups excluding carboxylic acids is 1. The molecule has 22 heavy (non-hydrogen) atoms. The van der Waals surface area contributed by atoms with Gasteiger partial charge in [0.2, 0.25) is 11.1 Å². The highest BCUT2D eigenvalue weighted by Crippen LogP contribution is 2.56. The Morgan fingerprint density at radius 3 is 2.73 bits per heavy atom. The molecule has 2 aliphatic heterocycles. The zero-order chi connectivity index (χ0) is 16.2. The molecule has 0 spiro atoms. The maximum Gasteiger partial charge on any atom is 0.328 e. The summed E-state index contributed by atoms with van der Waals surface area (Å²) in [4.78, 5) is 25.2. The van der Waals surface area contributed by atoms with Gasteiger partial charge in [0, 0.05) is 7.05 Å². The number of hydrogen-bond acceptors (Lipinski definition) is 7. The molecule has 0 bridgehead atoms. The second-order valence-electron chi connectivity index (χ2n) is 5.23. The van der Waals surface area contributed by atoms with Crippen LogP contribution in [0.5, 0.6) is 0 Å². The van der Waals surface area contributed by atoms with Crippen LogP contribution < -0.4 is 0 Å². The van der Waals surface area contributed by atoms with Gasteiger partial charge in [-0.05, 0) is 17.4 Å². The number of aromatic nitrogens is 4. The minimum absolute atomic E-state index is 0.326. The summed E-state index contributed by atoms with van der Waals surface area (Å²) in [5.74, 6) is 2.09. The van der Waals surface area contributed by atoms with Crippen molar-refractivity contribution < 1.29 is 19.8 Å². The van der Waals surface area contributed by atoms with Crippen LogP contribution in [-0.2, 0) is 16.6 Å². The number of carboxylic acid groups (broad SMARTS) is 1. The number of hydrogen-bond donors (Lipinski definition) is 2. The number of carbonyl (C=O) groups is 2. The maximum absolute atomic E-state index is 12.2. The normalized spacial score (nSPS) is 35.1. The van der Waals surface area contributed by atoms with E-state index in [9.17, 15) is 19.8 Å². The van der Waals surface area contributed by atoms with Crippen molar-refractivity contribution >= 4 is 40.0 Å². The van der Waals surface area contributed by atoms with Crippen molar-refractivity contribution in [1.29, 1.82) is 0 Å². The third-order valence-electron chi connectivity index (χ3n) is 3.86. The minimum Gasteiger partial charge on any atom is -0.480 e. The molecule has 0 aliphatic carbocycles. The Morgan fingerprint density at radius 1 is 1.55 bits per heavy atom. The van der Waals surface area contributed by atoms with E-state index in [2.05, 4.69) is 21.4 Å². The smallest absolute Gasteiger partial charge is 0.328 e. The number of tetrazole rings is 1. The largest absolute Gasteiger partial charge is 0.480 e. The van der Waals surface area contributed by atoms with Crippen molar-refractivity contribution in [2.75, 3.05) is 0 Å². The number of aryl methyl sites for hydroxylation is 1. The van der Waals surface area contributed by atoms with Gasteiger partial charge in [-0.15, -0.1) is 5.10 Å². The van der Waals surface area contributed by atoms with Gasteiger partial charge in [-0.1, -0.05) is 17.6 Å². The summed E-state index contributed by atoms with van der Waals surface area (Å²) in [6, 6.07) is -0.977. The Hall–Kier alpha value is -1.46. The van der Waals surface area contributed by atoms with Crippen LogP contribution in [0.1, 0.15) is 6.92 Å². The molecule has 0 radical (unpaired) electrons. The number of rotatable bonds is 4. The standard InChI is InChI=1S/C11H15N5O4S2/c1-4(17)5-7(18)16-6(9(19)20)10(22(3)8(5)16)21-11-12-13-14-15(11)2/h4-6,8,10,17H,3H2,1-2H3,(H,19,20)/t4-,5+,6?,8+,10?,22?/m0/s1. The fourth-order valence-corrected chi connectivity index (χ4v) is 6.86. The van der Waals surface area contributed by atoms with Crippen LogP contribution in [0.2, 0.25) is 0 Å². The van der Waals surface area contributed by atoms with E-state index in [0.29, 0.717) is 5.16 Å². The monoisotopic (exact) mass is 345 g/mol. The van der Waals surface area contributed by atoms with Crippen LogP contribution in [0, 0.1) is 5.92 Å². The van der Waals surface area contributed by atoms with Crippen LogP contribution in [0.3, 0.4) is 0 Å². The van der Waals surface area contributed by atoms with Gasteiger partial charge >= 0.3 is 5.97 Å². The molecule has 1 amide bonds. The van der Waals surface area contributed by atoms with Crippen LogP contribution in [-0.4, -0.2) is 75.2 Å². The molecule has 1 aromatic rings. The molecule has 9 nitrogen and oxygen atoms in total. The average molecular weight is 345 g/mol. The maximum atomic E-state index is 12.2. The fourth-order valence-electron chi connectivity index (χ4n) is 2.81. The lowest BCUT2D eigenvalue weighted by Crippen LogP contribution is -2.64. The number of aliphatic carboxylic acids is 1. The molecular weight excluding hydrogens is 330 g/mol. The molecule has 2 fully saturated rings. The third kappa shape index (κ3) is 2.07. The Labute approximate surface area is 132 Å². The molecule has 0 aromatic carbocycles. The van der Waals surface area contributed by atoms with Crippen molar-refractivity contribution in [3.63, 3.8) is 0 Å². The third-order valence-corrected chi connectivity index (χ3v) is 7.93. The van der Waals surface area contributed by atoms with Crippen molar-refractivity contribution in [3.05, 3.63) is 0 Å². The van der Waals surface area contributed by atoms with Gasteiger partial charge in [0.25, 0.3) is 0 Å². The lowest BCUT2D eigenvalue weighted by molar-refractivity contribution is -0.166. The minimum atomic E-state index is -1.08. The van der Waals surface area contributed by atoms with Crippen molar-refractivity contribution in [2.24, 2.45) is 13.0 Å². The summed E-state index contributed by atoms with van der Waals surface area (Å²) in [6.45, 7) is 1.54. The number of amides is 1. The van der Waals surface area contributed by atoms with Gasteiger partial charge < -0.3 is 15.1 Å². The van der Waals surface area contributed by atoms with Gasteiger partial charge in [-0.2, -0.15) is 10.5 Å². The number of fused-ring (bicyclic) bond motifs is 1. The molecule has 1 aromatic heterocycles. The van der Waals surface area contributed by atoms with E-state index in [1.165, 1.54) is 21.3 Å². The molecule has 2 aliphatic rings. The van der Waals surface area contributed by atoms with Crippen molar-refractivity contribution in [1.82, 2.24) is 25.1 Å². The predicted octanol–water partition coefficient (Wildman–Crippen LogP) is -1.04. The molecule has 2 saturated heterocycles. The molecule has 3 heterocycles. The zero-order valence-electron chi connectivity index (χ0n) is 11.9. The van der Waals surface area contributed by atoms with E-state index in [-0.39, 0.29) is 11.3 Å². The quantitative estimate of drug-likeness (QED) is 0.524. The van der Waals surface area contributed by atoms with E-state index in [1.807, 2.05) is 0 Å². The van der Waals surface area contributed by atoms with E-state index in [1.54, 1.807) is 14.0 Å². The first kappa shape index (κ1) is 15.4. The van der Waals surface area contributed by atoms with Crippen LogP contribution in [0.25, 0.3) is 0 Å². The Kier molecular flexibility index (Phi) is 3.73. The van der Waals surface area contributed by atoms with Gasteiger partial charge in [0.15, 0.2) is 6.04 Å². The lowest BCUT2D eigenvalue weighted by Gasteiger charge is -2.45. The van der Waals surface area contributed by atoms with Gasteiger partial charge in [-0.3, -0.25) is 4.79 Å². The average Bonchev–Trinajstić information content (AvgIpc) is 2.92. The number of thioether (sulfide) groups is 1. The summed E-state index contributed by atoms with van der Waals surface area (Å²) in [7, 11) is 1.01. The molecule has 3 rings (SSSR count). The highest BCUT2D eigenvalue weighted by Gasteiger charge is 2.63. The summed E-state index contributed by atoms with van der Waals surface area (Å²) in [6.07, 6.45) is -0.819. The van der Waals surface area contributed by atoms with Gasteiger partial charge in [0.05, 0.1) is 22.0 Å². The van der Waals surface area contributed by atoms with Gasteiger partial charge in [0.1, 0.15) is 0 Å². The SMILES string of the molecule is C=S1C(Sc2nnnn2C)C(C(=O)O)N2C(=O)[C@@H]([C@H](C)O)[C@H]21. The molecule has 0 saturated carbocycles. The summed E-state index contributed by atoms with van der Waals surface area (Å²) in [5, 5.41) is 30.5. The van der Waals surface area contributed by atoms with Gasteiger partial charge in [-0.25, -0.2) is 9.48 Å². The van der Waals surface area contributed by atoms with Crippen LogP contribution >= 0.6 is 22.2 Å². The number of aliphatic hydroxyl groups is 1. The number of nitrogens with zero attached hydrogens (tertiary/aromatic N) is 5. The van der Waals surface area contributed by atoms with Crippen LogP contribution in [0.4, 0.5) is 0 Å². The first-order valence-electron chi connectivity index (χ1n) is 6.48. The Morgan fingerprint density at radius 2 is 2.23 bits per heavy atom. The summed E-state index contributed by atoms with van der Waals surface area (Å²) in [5.41, 5.74) is 0. The molecular formula is C11H15N5O4S2. The molecule has 11 heteroatoms. The first-order valence-corrected chi connectivity index (χ1v) is 8.88.